The summed E-state index contributed by atoms with van der Waals surface area (Å²) in [6, 6.07) is 49.5. The summed E-state index contributed by atoms with van der Waals surface area (Å²) in [4.78, 5) is 19.3. The summed E-state index contributed by atoms with van der Waals surface area (Å²) in [5, 5.41) is 3.24. The third-order valence-electron chi connectivity index (χ3n) is 8.59. The number of benzene rings is 4. The topological polar surface area (TPSA) is 64.7 Å². The summed E-state index contributed by atoms with van der Waals surface area (Å²) in [6.07, 6.45) is 3.59. The maximum absolute atomic E-state index is 6.53. The molecule has 9 rings (SSSR count). The van der Waals surface area contributed by atoms with Crippen LogP contribution in [-0.4, -0.2) is 19.9 Å². The third kappa shape index (κ3) is 4.73. The lowest BCUT2D eigenvalue weighted by Crippen LogP contribution is -1.94. The normalized spacial score (nSPS) is 11.4. The number of pyridine rings is 4. The summed E-state index contributed by atoms with van der Waals surface area (Å²) in [5.41, 5.74) is 12.0. The van der Waals surface area contributed by atoms with Crippen LogP contribution in [0.15, 0.2) is 162 Å². The van der Waals surface area contributed by atoms with Crippen molar-refractivity contribution >= 4 is 32.8 Å². The van der Waals surface area contributed by atoms with E-state index in [1.54, 1.807) is 12.4 Å². The zero-order valence-electron chi connectivity index (χ0n) is 25.2. The molecule has 5 aromatic heterocycles. The molecular weight excluding hydrogens is 576 g/mol. The van der Waals surface area contributed by atoms with Gasteiger partial charge in [-0.05, 0) is 70.8 Å². The second kappa shape index (κ2) is 11.2. The molecule has 0 amide bonds. The lowest BCUT2D eigenvalue weighted by molar-refractivity contribution is 0.669. The van der Waals surface area contributed by atoms with E-state index in [0.717, 1.165) is 89.1 Å². The van der Waals surface area contributed by atoms with E-state index in [2.05, 4.69) is 88.8 Å². The third-order valence-corrected chi connectivity index (χ3v) is 8.59. The highest BCUT2D eigenvalue weighted by molar-refractivity contribution is 6.24. The van der Waals surface area contributed by atoms with Crippen molar-refractivity contribution in [3.63, 3.8) is 0 Å². The van der Waals surface area contributed by atoms with Gasteiger partial charge in [-0.2, -0.15) is 0 Å². The summed E-state index contributed by atoms with van der Waals surface area (Å²) >= 11 is 0. The van der Waals surface area contributed by atoms with Crippen LogP contribution in [0.3, 0.4) is 0 Å². The van der Waals surface area contributed by atoms with E-state index in [0.29, 0.717) is 0 Å². The first-order valence-corrected chi connectivity index (χ1v) is 15.6. The van der Waals surface area contributed by atoms with Crippen LogP contribution in [0.5, 0.6) is 0 Å². The van der Waals surface area contributed by atoms with Crippen molar-refractivity contribution in [1.82, 2.24) is 19.9 Å². The number of nitrogens with zero attached hydrogens (tertiary/aromatic N) is 4. The van der Waals surface area contributed by atoms with Gasteiger partial charge in [-0.15, -0.1) is 0 Å². The maximum atomic E-state index is 6.53. The van der Waals surface area contributed by atoms with Crippen molar-refractivity contribution in [3.8, 4) is 56.3 Å². The molecule has 5 heterocycles. The SMILES string of the molecule is c1ccc(-c2nc3cccc(-c4ccc(-c5cc(-c6ccccn6)nc(-c6ccccn6)c5)cc4)c3c3c2oc2ccccc23)cc1. The summed E-state index contributed by atoms with van der Waals surface area (Å²) in [6.45, 7) is 0. The fourth-order valence-electron chi connectivity index (χ4n) is 6.39. The van der Waals surface area contributed by atoms with Crippen LogP contribution < -0.4 is 0 Å². The van der Waals surface area contributed by atoms with E-state index in [1.165, 1.54) is 0 Å². The summed E-state index contributed by atoms with van der Waals surface area (Å²) < 4.78 is 6.53. The molecule has 4 aromatic carbocycles. The monoisotopic (exact) mass is 602 g/mol. The van der Waals surface area contributed by atoms with Crippen LogP contribution >= 0.6 is 0 Å². The van der Waals surface area contributed by atoms with E-state index in [9.17, 15) is 0 Å². The second-order valence-corrected chi connectivity index (χ2v) is 11.5. The van der Waals surface area contributed by atoms with E-state index in [4.69, 9.17) is 14.4 Å². The zero-order chi connectivity index (χ0) is 31.2. The first kappa shape index (κ1) is 26.9. The van der Waals surface area contributed by atoms with Gasteiger partial charge in [0.05, 0.1) is 28.3 Å². The molecule has 9 aromatic rings. The Hall–Kier alpha value is -6.46. The molecule has 0 aliphatic carbocycles. The van der Waals surface area contributed by atoms with Gasteiger partial charge in [-0.25, -0.2) is 9.97 Å². The van der Waals surface area contributed by atoms with Crippen molar-refractivity contribution in [2.75, 3.05) is 0 Å². The lowest BCUT2D eigenvalue weighted by atomic mass is 9.94. The van der Waals surface area contributed by atoms with Gasteiger partial charge >= 0.3 is 0 Å². The van der Waals surface area contributed by atoms with Crippen molar-refractivity contribution in [2.45, 2.75) is 0 Å². The fraction of sp³-hybridized carbons (Fsp3) is 0. The Balaban J connectivity index is 1.21. The molecule has 0 fully saturated rings. The number of fused-ring (bicyclic) bond motifs is 5. The molecule has 0 saturated heterocycles. The van der Waals surface area contributed by atoms with Gasteiger partial charge in [-0.3, -0.25) is 9.97 Å². The van der Waals surface area contributed by atoms with Crippen LogP contribution in [0.25, 0.3) is 89.1 Å². The molecule has 220 valence electrons. The Morgan fingerprint density at radius 2 is 1.09 bits per heavy atom. The lowest BCUT2D eigenvalue weighted by Gasteiger charge is -2.12. The number of hydrogen-bond acceptors (Lipinski definition) is 5. The summed E-state index contributed by atoms with van der Waals surface area (Å²) in [5.74, 6) is 0. The Bertz CT molecular complexity index is 2490. The average Bonchev–Trinajstić information content (AvgIpc) is 3.55. The van der Waals surface area contributed by atoms with E-state index < -0.39 is 0 Å². The van der Waals surface area contributed by atoms with Gasteiger partial charge in [0.2, 0.25) is 0 Å². The minimum Gasteiger partial charge on any atom is -0.454 e. The molecule has 0 aliphatic rings. The Kier molecular flexibility index (Phi) is 6.39. The van der Waals surface area contributed by atoms with Crippen LogP contribution in [-0.2, 0) is 0 Å². The highest BCUT2D eigenvalue weighted by atomic mass is 16.3. The average molecular weight is 603 g/mol. The molecule has 5 heteroatoms. The smallest absolute Gasteiger partial charge is 0.162 e. The molecule has 0 unspecified atom stereocenters. The Morgan fingerprint density at radius 3 is 1.79 bits per heavy atom. The maximum Gasteiger partial charge on any atom is 0.162 e. The zero-order valence-corrected chi connectivity index (χ0v) is 25.2. The number of para-hydroxylation sites is 1. The van der Waals surface area contributed by atoms with Gasteiger partial charge in [-0.1, -0.05) is 97.1 Å². The Morgan fingerprint density at radius 1 is 0.426 bits per heavy atom. The van der Waals surface area contributed by atoms with Crippen molar-refractivity contribution < 1.29 is 4.42 Å². The molecule has 0 atom stereocenters. The van der Waals surface area contributed by atoms with Crippen LogP contribution in [0.4, 0.5) is 0 Å². The molecule has 0 radical (unpaired) electrons. The predicted octanol–water partition coefficient (Wildman–Crippen LogP) is 10.7. The number of hydrogen-bond donors (Lipinski definition) is 0. The molecule has 0 N–H and O–H groups in total. The van der Waals surface area contributed by atoms with E-state index in [-0.39, 0.29) is 0 Å². The molecule has 0 bridgehead atoms. The molecule has 0 saturated carbocycles. The Labute approximate surface area is 270 Å². The van der Waals surface area contributed by atoms with Gasteiger partial charge in [0.15, 0.2) is 5.58 Å². The molecule has 0 spiro atoms. The number of rotatable bonds is 5. The quantitative estimate of drug-likeness (QED) is 0.196. The number of aromatic nitrogens is 4. The second-order valence-electron chi connectivity index (χ2n) is 11.5. The van der Waals surface area contributed by atoms with Crippen LogP contribution in [0, 0.1) is 0 Å². The highest BCUT2D eigenvalue weighted by Gasteiger charge is 2.20. The van der Waals surface area contributed by atoms with Crippen molar-refractivity contribution in [3.05, 3.63) is 158 Å². The first-order chi connectivity index (χ1) is 23.3. The van der Waals surface area contributed by atoms with Gasteiger partial charge in [0.1, 0.15) is 11.3 Å². The number of furan rings is 1. The minimum absolute atomic E-state index is 0.801. The standard InChI is InChI=1S/C42H26N4O/c1-2-11-29(12-3-1)41-42-40(32-13-4-5-18-38(32)47-42)39-31(14-10-17-35(39)46-41)28-21-19-27(20-22-28)30-25-36(33-15-6-8-23-43-33)45-37(26-30)34-16-7-9-24-44-34/h1-26H. The fourth-order valence-corrected chi connectivity index (χ4v) is 6.39. The molecule has 0 aliphatic heterocycles. The van der Waals surface area contributed by atoms with Crippen molar-refractivity contribution in [1.29, 1.82) is 0 Å². The molecular formula is C42H26N4O. The van der Waals surface area contributed by atoms with Crippen molar-refractivity contribution in [2.24, 2.45) is 0 Å². The van der Waals surface area contributed by atoms with Crippen LogP contribution in [0.1, 0.15) is 0 Å². The van der Waals surface area contributed by atoms with Gasteiger partial charge in [0, 0.05) is 34.1 Å². The first-order valence-electron chi connectivity index (χ1n) is 15.6. The minimum atomic E-state index is 0.801. The van der Waals surface area contributed by atoms with Crippen LogP contribution in [0.2, 0.25) is 0 Å². The van der Waals surface area contributed by atoms with Gasteiger partial charge < -0.3 is 4.42 Å². The molecule has 47 heavy (non-hydrogen) atoms. The predicted molar refractivity (Wildman–Crippen MR) is 190 cm³/mol. The van der Waals surface area contributed by atoms with Gasteiger partial charge in [0.25, 0.3) is 0 Å². The highest BCUT2D eigenvalue weighted by Crippen LogP contribution is 2.43. The van der Waals surface area contributed by atoms with E-state index in [1.807, 2.05) is 66.7 Å². The van der Waals surface area contributed by atoms with E-state index >= 15 is 0 Å². The largest absolute Gasteiger partial charge is 0.454 e. The molecule has 5 nitrogen and oxygen atoms in total. The summed E-state index contributed by atoms with van der Waals surface area (Å²) in [7, 11) is 0.